The Kier molecular flexibility index (Phi) is 5.08. The van der Waals surface area contributed by atoms with E-state index in [1.807, 2.05) is 11.8 Å². The predicted octanol–water partition coefficient (Wildman–Crippen LogP) is 1.11. The zero-order valence-corrected chi connectivity index (χ0v) is 11.8. The molecule has 0 aliphatic carbocycles. The minimum Gasteiger partial charge on any atom is -0.434 e. The van der Waals surface area contributed by atoms with Crippen LogP contribution in [-0.4, -0.2) is 43.1 Å². The van der Waals surface area contributed by atoms with E-state index in [2.05, 4.69) is 10.1 Å². The molecule has 0 bridgehead atoms. The zero-order valence-electron chi connectivity index (χ0n) is 11.8. The number of benzene rings is 1. The average molecular weight is 299 g/mol. The second kappa shape index (κ2) is 6.82. The van der Waals surface area contributed by atoms with Gasteiger partial charge in [0.25, 0.3) is 0 Å². The smallest absolute Gasteiger partial charge is 0.387 e. The monoisotopic (exact) mass is 299 g/mol. The number of carbonyl (C=O) groups is 1. The van der Waals surface area contributed by atoms with Crippen molar-refractivity contribution in [1.29, 1.82) is 0 Å². The molecule has 0 radical (unpaired) electrons. The second-order valence-corrected chi connectivity index (χ2v) is 4.95. The number of nitrogens with zero attached hydrogens (tertiary/aromatic N) is 1. The fourth-order valence-electron chi connectivity index (χ4n) is 2.66. The van der Waals surface area contributed by atoms with Gasteiger partial charge in [0.05, 0.1) is 0 Å². The molecule has 3 N–H and O–H groups in total. The van der Waals surface area contributed by atoms with Gasteiger partial charge in [-0.1, -0.05) is 18.2 Å². The van der Waals surface area contributed by atoms with Crippen molar-refractivity contribution in [1.82, 2.24) is 10.2 Å². The number of para-hydroxylation sites is 1. The number of primary amides is 1. The largest absolute Gasteiger partial charge is 0.434 e. The Bertz CT molecular complexity index is 499. The van der Waals surface area contributed by atoms with E-state index in [4.69, 9.17) is 5.73 Å². The summed E-state index contributed by atoms with van der Waals surface area (Å²) in [6.45, 7) is 0.754. The van der Waals surface area contributed by atoms with Crippen LogP contribution in [0.15, 0.2) is 24.3 Å². The molecule has 1 aromatic carbocycles. The molecule has 0 aromatic heterocycles. The van der Waals surface area contributed by atoms with Crippen LogP contribution in [0, 0.1) is 0 Å². The SMILES string of the molecule is CC(c1ccccc1OC(F)F)N1CCNCC1C(N)=O. The molecule has 1 heterocycles. The molecule has 1 aliphatic heterocycles. The molecule has 0 spiro atoms. The van der Waals surface area contributed by atoms with Gasteiger partial charge in [-0.25, -0.2) is 0 Å². The quantitative estimate of drug-likeness (QED) is 0.854. The molecule has 1 saturated heterocycles. The number of alkyl halides is 2. The van der Waals surface area contributed by atoms with Gasteiger partial charge < -0.3 is 15.8 Å². The van der Waals surface area contributed by atoms with Gasteiger partial charge in [0.1, 0.15) is 11.8 Å². The Balaban J connectivity index is 2.25. The molecule has 1 aromatic rings. The number of carbonyl (C=O) groups excluding carboxylic acids is 1. The molecule has 2 atom stereocenters. The summed E-state index contributed by atoms with van der Waals surface area (Å²) in [5.41, 5.74) is 6.04. The maximum Gasteiger partial charge on any atom is 0.387 e. The molecule has 116 valence electrons. The van der Waals surface area contributed by atoms with Crippen LogP contribution in [0.25, 0.3) is 0 Å². The van der Waals surface area contributed by atoms with Gasteiger partial charge in [-0.2, -0.15) is 8.78 Å². The predicted molar refractivity (Wildman–Crippen MR) is 74.0 cm³/mol. The van der Waals surface area contributed by atoms with E-state index in [0.29, 0.717) is 25.2 Å². The summed E-state index contributed by atoms with van der Waals surface area (Å²) in [5.74, 6) is -0.303. The van der Waals surface area contributed by atoms with E-state index in [-0.39, 0.29) is 11.8 Å². The van der Waals surface area contributed by atoms with Crippen LogP contribution in [0.5, 0.6) is 5.75 Å². The molecule has 7 heteroatoms. The second-order valence-electron chi connectivity index (χ2n) is 4.95. The third kappa shape index (κ3) is 3.68. The van der Waals surface area contributed by atoms with Crippen LogP contribution < -0.4 is 15.8 Å². The maximum atomic E-state index is 12.5. The molecule has 1 fully saturated rings. The van der Waals surface area contributed by atoms with Crippen LogP contribution in [0.3, 0.4) is 0 Å². The van der Waals surface area contributed by atoms with Gasteiger partial charge >= 0.3 is 6.61 Å². The van der Waals surface area contributed by atoms with Gasteiger partial charge in [0.2, 0.25) is 5.91 Å². The summed E-state index contributed by atoms with van der Waals surface area (Å²) in [7, 11) is 0. The van der Waals surface area contributed by atoms with E-state index >= 15 is 0 Å². The first kappa shape index (κ1) is 15.7. The highest BCUT2D eigenvalue weighted by Crippen LogP contribution is 2.31. The van der Waals surface area contributed by atoms with Crippen molar-refractivity contribution in [3.05, 3.63) is 29.8 Å². The summed E-state index contributed by atoms with van der Waals surface area (Å²) in [5, 5.41) is 3.11. The number of hydrogen-bond acceptors (Lipinski definition) is 4. The molecule has 21 heavy (non-hydrogen) atoms. The van der Waals surface area contributed by atoms with E-state index in [1.54, 1.807) is 18.2 Å². The van der Waals surface area contributed by atoms with Crippen LogP contribution in [0.2, 0.25) is 0 Å². The van der Waals surface area contributed by atoms with Crippen molar-refractivity contribution >= 4 is 5.91 Å². The number of hydrogen-bond donors (Lipinski definition) is 2. The molecular weight excluding hydrogens is 280 g/mol. The van der Waals surface area contributed by atoms with Crippen molar-refractivity contribution < 1.29 is 18.3 Å². The number of piperazine rings is 1. The minimum absolute atomic E-state index is 0.127. The van der Waals surface area contributed by atoms with Crippen LogP contribution >= 0.6 is 0 Å². The number of amides is 1. The Morgan fingerprint density at radius 3 is 2.86 bits per heavy atom. The highest BCUT2D eigenvalue weighted by atomic mass is 19.3. The van der Waals surface area contributed by atoms with E-state index < -0.39 is 18.6 Å². The molecule has 1 aliphatic rings. The first-order chi connectivity index (χ1) is 10.0. The fourth-order valence-corrected chi connectivity index (χ4v) is 2.66. The standard InChI is InChI=1S/C14H19F2N3O2/c1-9(19-7-6-18-8-11(19)13(17)20)10-4-2-3-5-12(10)21-14(15)16/h2-5,9,11,14,18H,6-8H2,1H3,(H2,17,20). The number of ether oxygens (including phenoxy) is 1. The van der Waals surface area contributed by atoms with Crippen molar-refractivity contribution in [3.8, 4) is 5.75 Å². The van der Waals surface area contributed by atoms with Crippen LogP contribution in [0.4, 0.5) is 8.78 Å². The van der Waals surface area contributed by atoms with Gasteiger partial charge in [-0.3, -0.25) is 9.69 Å². The van der Waals surface area contributed by atoms with Crippen molar-refractivity contribution in [2.75, 3.05) is 19.6 Å². The third-order valence-corrected chi connectivity index (χ3v) is 3.70. The lowest BCUT2D eigenvalue weighted by Crippen LogP contribution is -2.57. The maximum absolute atomic E-state index is 12.5. The van der Waals surface area contributed by atoms with Gasteiger partial charge in [-0.05, 0) is 13.0 Å². The van der Waals surface area contributed by atoms with Crippen molar-refractivity contribution in [2.24, 2.45) is 5.73 Å². The average Bonchev–Trinajstić information content (AvgIpc) is 2.46. The number of halogens is 2. The summed E-state index contributed by atoms with van der Waals surface area (Å²) in [4.78, 5) is 13.5. The summed E-state index contributed by atoms with van der Waals surface area (Å²) >= 11 is 0. The van der Waals surface area contributed by atoms with Crippen LogP contribution in [0.1, 0.15) is 18.5 Å². The molecule has 2 unspecified atom stereocenters. The highest BCUT2D eigenvalue weighted by Gasteiger charge is 2.32. The third-order valence-electron chi connectivity index (χ3n) is 3.70. The summed E-state index contributed by atoms with van der Waals surface area (Å²) in [6.07, 6.45) is 0. The molecule has 0 saturated carbocycles. The number of rotatable bonds is 5. The fraction of sp³-hybridized carbons (Fsp3) is 0.500. The Labute approximate surface area is 122 Å². The van der Waals surface area contributed by atoms with E-state index in [1.165, 1.54) is 6.07 Å². The van der Waals surface area contributed by atoms with Crippen LogP contribution in [-0.2, 0) is 4.79 Å². The Hall–Kier alpha value is -1.73. The molecule has 2 rings (SSSR count). The Morgan fingerprint density at radius 2 is 2.19 bits per heavy atom. The van der Waals surface area contributed by atoms with Crippen molar-refractivity contribution in [2.45, 2.75) is 25.6 Å². The van der Waals surface area contributed by atoms with E-state index in [9.17, 15) is 13.6 Å². The topological polar surface area (TPSA) is 67.6 Å². The number of nitrogens with two attached hydrogens (primary N) is 1. The lowest BCUT2D eigenvalue weighted by molar-refractivity contribution is -0.124. The minimum atomic E-state index is -2.88. The van der Waals surface area contributed by atoms with Gasteiger partial charge in [0.15, 0.2) is 0 Å². The lowest BCUT2D eigenvalue weighted by Gasteiger charge is -2.39. The molecular formula is C14H19F2N3O2. The van der Waals surface area contributed by atoms with E-state index in [0.717, 1.165) is 0 Å². The van der Waals surface area contributed by atoms with Crippen molar-refractivity contribution in [3.63, 3.8) is 0 Å². The molecule has 1 amide bonds. The first-order valence-corrected chi connectivity index (χ1v) is 6.80. The molecule has 5 nitrogen and oxygen atoms in total. The Morgan fingerprint density at radius 1 is 1.48 bits per heavy atom. The highest BCUT2D eigenvalue weighted by molar-refractivity contribution is 5.80. The zero-order chi connectivity index (χ0) is 15.4. The normalized spacial score (nSPS) is 21.2. The number of nitrogens with one attached hydrogen (secondary N) is 1. The van der Waals surface area contributed by atoms with Gasteiger partial charge in [-0.15, -0.1) is 0 Å². The first-order valence-electron chi connectivity index (χ1n) is 6.80. The lowest BCUT2D eigenvalue weighted by atomic mass is 10.0. The summed E-state index contributed by atoms with van der Waals surface area (Å²) < 4.78 is 29.5. The van der Waals surface area contributed by atoms with Gasteiger partial charge in [0, 0.05) is 31.2 Å². The summed E-state index contributed by atoms with van der Waals surface area (Å²) in [6, 6.07) is 5.90.